The Kier molecular flexibility index (Phi) is 11.2. The zero-order valence-electron chi connectivity index (χ0n) is 12.6. The van der Waals surface area contributed by atoms with Crippen LogP contribution >= 0.6 is 24.8 Å². The molecule has 22 heavy (non-hydrogen) atoms. The molecule has 0 bridgehead atoms. The largest absolute Gasteiger partial charge is 0.379 e. The van der Waals surface area contributed by atoms with Crippen molar-refractivity contribution in [3.8, 4) is 0 Å². The molecule has 0 unspecified atom stereocenters. The molecule has 1 aliphatic heterocycles. The predicted octanol–water partition coefficient (Wildman–Crippen LogP) is 1.33. The second-order valence-corrected chi connectivity index (χ2v) is 4.97. The lowest BCUT2D eigenvalue weighted by Crippen LogP contribution is -2.36. The Morgan fingerprint density at radius 2 is 1.82 bits per heavy atom. The van der Waals surface area contributed by atoms with Crippen LogP contribution in [-0.2, 0) is 22.6 Å². The van der Waals surface area contributed by atoms with Gasteiger partial charge in [0.25, 0.3) is 0 Å². The van der Waals surface area contributed by atoms with Gasteiger partial charge in [0.1, 0.15) is 0 Å². The molecular weight excluding hydrogens is 325 g/mol. The first-order valence-electron chi connectivity index (χ1n) is 7.13. The monoisotopic (exact) mass is 349 g/mol. The summed E-state index contributed by atoms with van der Waals surface area (Å²) in [5.74, 6) is 0.00803. The maximum atomic E-state index is 11.5. The van der Waals surface area contributed by atoms with Gasteiger partial charge in [-0.1, -0.05) is 24.3 Å². The average Bonchev–Trinajstić information content (AvgIpc) is 2.48. The van der Waals surface area contributed by atoms with E-state index in [1.165, 1.54) is 11.1 Å². The summed E-state index contributed by atoms with van der Waals surface area (Å²) in [7, 11) is 0. The van der Waals surface area contributed by atoms with Crippen LogP contribution in [0.15, 0.2) is 24.3 Å². The summed E-state index contributed by atoms with van der Waals surface area (Å²) in [5, 5.41) is 2.92. The summed E-state index contributed by atoms with van der Waals surface area (Å²) >= 11 is 0. The van der Waals surface area contributed by atoms with E-state index >= 15 is 0 Å². The normalized spacial score (nSPS) is 14.6. The van der Waals surface area contributed by atoms with Crippen molar-refractivity contribution >= 4 is 30.7 Å². The third-order valence-corrected chi connectivity index (χ3v) is 3.46. The fourth-order valence-electron chi connectivity index (χ4n) is 2.30. The highest BCUT2D eigenvalue weighted by molar-refractivity contribution is 5.85. The zero-order valence-corrected chi connectivity index (χ0v) is 14.3. The smallest absolute Gasteiger partial charge is 0.221 e. The van der Waals surface area contributed by atoms with Gasteiger partial charge in [0.2, 0.25) is 5.91 Å². The van der Waals surface area contributed by atoms with E-state index < -0.39 is 0 Å². The third-order valence-electron chi connectivity index (χ3n) is 3.46. The lowest BCUT2D eigenvalue weighted by Gasteiger charge is -2.27. The van der Waals surface area contributed by atoms with E-state index in [0.29, 0.717) is 19.5 Å². The van der Waals surface area contributed by atoms with Crippen LogP contribution in [0.5, 0.6) is 0 Å². The topological polar surface area (TPSA) is 67.6 Å². The average molecular weight is 350 g/mol. The van der Waals surface area contributed by atoms with Gasteiger partial charge in [-0.2, -0.15) is 0 Å². The van der Waals surface area contributed by atoms with E-state index in [1.807, 2.05) is 12.1 Å². The molecule has 1 heterocycles. The number of carbonyl (C=O) groups is 1. The van der Waals surface area contributed by atoms with Crippen LogP contribution in [0, 0.1) is 0 Å². The second-order valence-electron chi connectivity index (χ2n) is 4.97. The molecule has 1 saturated heterocycles. The van der Waals surface area contributed by atoms with Crippen LogP contribution in [-0.4, -0.2) is 43.7 Å². The number of nitrogens with two attached hydrogens (primary N) is 1. The molecule has 1 fully saturated rings. The number of halogens is 2. The molecule has 0 aliphatic carbocycles. The van der Waals surface area contributed by atoms with E-state index in [1.54, 1.807) is 0 Å². The van der Waals surface area contributed by atoms with E-state index in [0.717, 1.165) is 32.8 Å². The Hall–Kier alpha value is -0.850. The maximum absolute atomic E-state index is 11.5. The van der Waals surface area contributed by atoms with Crippen LogP contribution < -0.4 is 11.1 Å². The molecule has 1 aromatic carbocycles. The second kappa shape index (κ2) is 11.7. The van der Waals surface area contributed by atoms with E-state index in [4.69, 9.17) is 10.5 Å². The highest BCUT2D eigenvalue weighted by Crippen LogP contribution is 2.13. The number of nitrogens with zero attached hydrogens (tertiary/aromatic N) is 1. The molecule has 0 radical (unpaired) electrons. The van der Waals surface area contributed by atoms with Gasteiger partial charge in [-0.3, -0.25) is 9.69 Å². The molecule has 0 atom stereocenters. The summed E-state index contributed by atoms with van der Waals surface area (Å²) in [6, 6.07) is 8.24. The van der Waals surface area contributed by atoms with Crippen molar-refractivity contribution in [2.75, 3.05) is 32.8 Å². The van der Waals surface area contributed by atoms with Crippen LogP contribution in [0.1, 0.15) is 17.5 Å². The zero-order chi connectivity index (χ0) is 14.2. The molecule has 0 spiro atoms. The number of carbonyl (C=O) groups excluding carboxylic acids is 1. The Balaban J connectivity index is 0.00000220. The van der Waals surface area contributed by atoms with Gasteiger partial charge < -0.3 is 15.8 Å². The van der Waals surface area contributed by atoms with Crippen molar-refractivity contribution < 1.29 is 9.53 Å². The van der Waals surface area contributed by atoms with Crippen molar-refractivity contribution in [1.82, 2.24) is 10.2 Å². The molecule has 5 nitrogen and oxygen atoms in total. The maximum Gasteiger partial charge on any atom is 0.221 e. The predicted molar refractivity (Wildman–Crippen MR) is 92.6 cm³/mol. The highest BCUT2D eigenvalue weighted by atomic mass is 35.5. The first kappa shape index (κ1) is 21.1. The molecule has 0 saturated carbocycles. The van der Waals surface area contributed by atoms with Crippen LogP contribution in [0.25, 0.3) is 0 Å². The minimum atomic E-state index is 0. The van der Waals surface area contributed by atoms with Gasteiger partial charge in [0, 0.05) is 39.1 Å². The number of benzene rings is 1. The Morgan fingerprint density at radius 3 is 2.45 bits per heavy atom. The van der Waals surface area contributed by atoms with Gasteiger partial charge >= 0.3 is 0 Å². The Morgan fingerprint density at radius 1 is 1.18 bits per heavy atom. The molecule has 3 N–H and O–H groups in total. The van der Waals surface area contributed by atoms with Gasteiger partial charge in [-0.25, -0.2) is 0 Å². The summed E-state index contributed by atoms with van der Waals surface area (Å²) in [6.45, 7) is 5.40. The molecule has 1 amide bonds. The summed E-state index contributed by atoms with van der Waals surface area (Å²) in [5.41, 5.74) is 7.81. The molecule has 1 aromatic rings. The number of rotatable bonds is 6. The van der Waals surface area contributed by atoms with Gasteiger partial charge in [0.05, 0.1) is 13.2 Å². The summed E-state index contributed by atoms with van der Waals surface area (Å²) < 4.78 is 5.36. The van der Waals surface area contributed by atoms with Crippen molar-refractivity contribution in [2.24, 2.45) is 5.73 Å². The van der Waals surface area contributed by atoms with Gasteiger partial charge in [0.15, 0.2) is 0 Å². The Labute approximate surface area is 144 Å². The standard InChI is InChI=1S/C15H23N3O2.2ClH/c16-6-5-15(19)17-11-13-3-1-2-4-14(13)12-18-7-9-20-10-8-18;;/h1-4H,5-12,16H2,(H,17,19);2*1H. The summed E-state index contributed by atoms with van der Waals surface area (Å²) in [6.07, 6.45) is 0.381. The summed E-state index contributed by atoms with van der Waals surface area (Å²) in [4.78, 5) is 13.9. The first-order chi connectivity index (χ1) is 9.79. The Bertz CT molecular complexity index is 441. The number of nitrogens with one attached hydrogen (secondary N) is 1. The first-order valence-corrected chi connectivity index (χ1v) is 7.13. The number of morpholine rings is 1. The number of ether oxygens (including phenoxy) is 1. The van der Waals surface area contributed by atoms with Gasteiger partial charge in [-0.05, 0) is 11.1 Å². The van der Waals surface area contributed by atoms with E-state index in [2.05, 4.69) is 22.3 Å². The molecule has 1 aliphatic rings. The minimum Gasteiger partial charge on any atom is -0.379 e. The molecule has 0 aromatic heterocycles. The lowest BCUT2D eigenvalue weighted by atomic mass is 10.1. The van der Waals surface area contributed by atoms with Crippen LogP contribution in [0.3, 0.4) is 0 Å². The van der Waals surface area contributed by atoms with Crippen LogP contribution in [0.4, 0.5) is 0 Å². The highest BCUT2D eigenvalue weighted by Gasteiger charge is 2.12. The number of hydrogen-bond acceptors (Lipinski definition) is 4. The van der Waals surface area contributed by atoms with Crippen molar-refractivity contribution in [2.45, 2.75) is 19.5 Å². The minimum absolute atomic E-state index is 0. The molecular formula is C15H25Cl2N3O2. The lowest BCUT2D eigenvalue weighted by molar-refractivity contribution is -0.121. The molecule has 126 valence electrons. The van der Waals surface area contributed by atoms with E-state index in [9.17, 15) is 4.79 Å². The fourth-order valence-corrected chi connectivity index (χ4v) is 2.30. The SMILES string of the molecule is Cl.Cl.NCCC(=O)NCc1ccccc1CN1CCOCC1. The molecule has 7 heteroatoms. The number of amides is 1. The van der Waals surface area contributed by atoms with Crippen molar-refractivity contribution in [3.05, 3.63) is 35.4 Å². The quantitative estimate of drug-likeness (QED) is 0.812. The van der Waals surface area contributed by atoms with Crippen molar-refractivity contribution in [1.29, 1.82) is 0 Å². The number of hydrogen-bond donors (Lipinski definition) is 2. The fraction of sp³-hybridized carbons (Fsp3) is 0.533. The van der Waals surface area contributed by atoms with Gasteiger partial charge in [-0.15, -0.1) is 24.8 Å². The molecule has 2 rings (SSSR count). The van der Waals surface area contributed by atoms with Crippen LogP contribution in [0.2, 0.25) is 0 Å². The van der Waals surface area contributed by atoms with Crippen molar-refractivity contribution in [3.63, 3.8) is 0 Å². The van der Waals surface area contributed by atoms with E-state index in [-0.39, 0.29) is 30.7 Å². The third kappa shape index (κ3) is 6.94.